The molecule has 0 saturated heterocycles. The molecule has 0 N–H and O–H groups in total. The lowest BCUT2D eigenvalue weighted by molar-refractivity contribution is 0.737. The topological polar surface area (TPSA) is 0 Å². The standard InChI is InChI=1S/C13H22/c1-3-5-7-9-11-13-12-10-8-6-4-2/h5,7H,3-4,6,8-11H2,1-2H3/b7-5+. The van der Waals surface area contributed by atoms with E-state index < -0.39 is 0 Å². The molecule has 0 aliphatic heterocycles. The van der Waals surface area contributed by atoms with Crippen molar-refractivity contribution in [3.63, 3.8) is 0 Å². The van der Waals surface area contributed by atoms with E-state index in [0.29, 0.717) is 0 Å². The van der Waals surface area contributed by atoms with Gasteiger partial charge in [-0.1, -0.05) is 38.8 Å². The predicted molar refractivity (Wildman–Crippen MR) is 60.6 cm³/mol. The van der Waals surface area contributed by atoms with Crippen LogP contribution in [0.15, 0.2) is 12.2 Å². The van der Waals surface area contributed by atoms with Crippen molar-refractivity contribution in [1.29, 1.82) is 0 Å². The summed E-state index contributed by atoms with van der Waals surface area (Å²) in [5, 5.41) is 0. The van der Waals surface area contributed by atoms with Gasteiger partial charge < -0.3 is 0 Å². The second-order valence-electron chi connectivity index (χ2n) is 3.23. The van der Waals surface area contributed by atoms with E-state index in [1.807, 2.05) is 0 Å². The van der Waals surface area contributed by atoms with Gasteiger partial charge in [-0.05, 0) is 19.3 Å². The zero-order valence-corrected chi connectivity index (χ0v) is 9.10. The highest BCUT2D eigenvalue weighted by atomic mass is 13.9. The van der Waals surface area contributed by atoms with E-state index in [1.54, 1.807) is 0 Å². The van der Waals surface area contributed by atoms with Gasteiger partial charge in [-0.15, -0.1) is 11.8 Å². The molecule has 0 nitrogen and oxygen atoms in total. The van der Waals surface area contributed by atoms with E-state index in [0.717, 1.165) is 25.7 Å². The van der Waals surface area contributed by atoms with Gasteiger partial charge >= 0.3 is 0 Å². The van der Waals surface area contributed by atoms with E-state index in [4.69, 9.17) is 0 Å². The van der Waals surface area contributed by atoms with Gasteiger partial charge in [0.2, 0.25) is 0 Å². The van der Waals surface area contributed by atoms with Crippen LogP contribution in [0.3, 0.4) is 0 Å². The van der Waals surface area contributed by atoms with Gasteiger partial charge in [-0.2, -0.15) is 0 Å². The molecule has 0 heterocycles. The monoisotopic (exact) mass is 178 g/mol. The third-order valence-electron chi connectivity index (χ3n) is 1.87. The number of allylic oxidation sites excluding steroid dienone is 2. The van der Waals surface area contributed by atoms with Gasteiger partial charge in [0, 0.05) is 12.8 Å². The van der Waals surface area contributed by atoms with E-state index in [-0.39, 0.29) is 0 Å². The normalized spacial score (nSPS) is 10.0. The van der Waals surface area contributed by atoms with Crippen molar-refractivity contribution in [3.8, 4) is 11.8 Å². The van der Waals surface area contributed by atoms with Crippen LogP contribution >= 0.6 is 0 Å². The molecule has 0 saturated carbocycles. The molecule has 0 fully saturated rings. The zero-order chi connectivity index (χ0) is 9.78. The van der Waals surface area contributed by atoms with Crippen LogP contribution in [0.5, 0.6) is 0 Å². The first-order valence-corrected chi connectivity index (χ1v) is 5.52. The molecule has 0 spiro atoms. The summed E-state index contributed by atoms with van der Waals surface area (Å²) in [6, 6.07) is 0. The molecule has 0 aromatic rings. The molecule has 0 aliphatic rings. The van der Waals surface area contributed by atoms with E-state index in [9.17, 15) is 0 Å². The minimum absolute atomic E-state index is 1.03. The zero-order valence-electron chi connectivity index (χ0n) is 9.10. The summed E-state index contributed by atoms with van der Waals surface area (Å²) in [5.41, 5.74) is 0. The van der Waals surface area contributed by atoms with Gasteiger partial charge in [0.15, 0.2) is 0 Å². The van der Waals surface area contributed by atoms with Crippen molar-refractivity contribution in [2.75, 3.05) is 0 Å². The predicted octanol–water partition coefficient (Wildman–Crippen LogP) is 4.32. The summed E-state index contributed by atoms with van der Waals surface area (Å²) in [4.78, 5) is 0. The summed E-state index contributed by atoms with van der Waals surface area (Å²) < 4.78 is 0. The number of hydrogen-bond donors (Lipinski definition) is 0. The molecule has 74 valence electrons. The molecule has 0 aliphatic carbocycles. The molecule has 0 heteroatoms. The Morgan fingerprint density at radius 2 is 1.69 bits per heavy atom. The molecule has 0 aromatic carbocycles. The molecule has 13 heavy (non-hydrogen) atoms. The van der Waals surface area contributed by atoms with Crippen LogP contribution in [0.2, 0.25) is 0 Å². The first-order valence-electron chi connectivity index (χ1n) is 5.52. The first kappa shape index (κ1) is 12.3. The molecule has 0 bridgehead atoms. The highest BCUT2D eigenvalue weighted by Crippen LogP contribution is 1.97. The molecule has 0 unspecified atom stereocenters. The van der Waals surface area contributed by atoms with E-state index in [1.165, 1.54) is 19.3 Å². The molecule has 0 rings (SSSR count). The fourth-order valence-corrected chi connectivity index (χ4v) is 1.08. The first-order chi connectivity index (χ1) is 6.41. The Bertz CT molecular complexity index is 166. The van der Waals surface area contributed by atoms with Crippen LogP contribution in [0, 0.1) is 11.8 Å². The number of rotatable bonds is 6. The number of unbranched alkanes of at least 4 members (excludes halogenated alkanes) is 4. The SMILES string of the molecule is CC/C=C/CCC#CCCCCC. The van der Waals surface area contributed by atoms with E-state index >= 15 is 0 Å². The highest BCUT2D eigenvalue weighted by Gasteiger charge is 1.80. The Kier molecular flexibility index (Phi) is 10.7. The second kappa shape index (κ2) is 11.3. The smallest absolute Gasteiger partial charge is 0.0123 e. The Hall–Kier alpha value is -0.700. The summed E-state index contributed by atoms with van der Waals surface area (Å²) in [6.45, 7) is 4.38. The minimum atomic E-state index is 1.03. The van der Waals surface area contributed by atoms with Gasteiger partial charge in [0.05, 0.1) is 0 Å². The third-order valence-corrected chi connectivity index (χ3v) is 1.87. The van der Waals surface area contributed by atoms with Gasteiger partial charge in [0.25, 0.3) is 0 Å². The van der Waals surface area contributed by atoms with Crippen molar-refractivity contribution >= 4 is 0 Å². The fraction of sp³-hybridized carbons (Fsp3) is 0.692. The summed E-state index contributed by atoms with van der Waals surface area (Å²) in [5.74, 6) is 6.42. The summed E-state index contributed by atoms with van der Waals surface area (Å²) in [7, 11) is 0. The van der Waals surface area contributed by atoms with Gasteiger partial charge in [-0.3, -0.25) is 0 Å². The maximum absolute atomic E-state index is 3.21. The van der Waals surface area contributed by atoms with Crippen molar-refractivity contribution in [1.82, 2.24) is 0 Å². The Morgan fingerprint density at radius 1 is 0.923 bits per heavy atom. The van der Waals surface area contributed by atoms with Crippen LogP contribution in [0.4, 0.5) is 0 Å². The average molecular weight is 178 g/mol. The van der Waals surface area contributed by atoms with Crippen molar-refractivity contribution in [2.24, 2.45) is 0 Å². The molecule has 0 atom stereocenters. The quantitative estimate of drug-likeness (QED) is 0.323. The van der Waals surface area contributed by atoms with Gasteiger partial charge in [-0.25, -0.2) is 0 Å². The van der Waals surface area contributed by atoms with Crippen LogP contribution in [-0.4, -0.2) is 0 Å². The maximum atomic E-state index is 3.21. The lowest BCUT2D eigenvalue weighted by atomic mass is 10.2. The van der Waals surface area contributed by atoms with Crippen LogP contribution in [0.25, 0.3) is 0 Å². The fourth-order valence-electron chi connectivity index (χ4n) is 1.08. The van der Waals surface area contributed by atoms with Gasteiger partial charge in [0.1, 0.15) is 0 Å². The van der Waals surface area contributed by atoms with Crippen LogP contribution < -0.4 is 0 Å². The molecule has 0 radical (unpaired) electrons. The lowest BCUT2D eigenvalue weighted by Gasteiger charge is -1.88. The Morgan fingerprint density at radius 3 is 2.38 bits per heavy atom. The molecular formula is C13H22. The van der Waals surface area contributed by atoms with Crippen LogP contribution in [0.1, 0.15) is 58.8 Å². The largest absolute Gasteiger partial charge is 0.103 e. The molecule has 0 aromatic heterocycles. The summed E-state index contributed by atoms with van der Waals surface area (Å²) >= 11 is 0. The lowest BCUT2D eigenvalue weighted by Crippen LogP contribution is -1.71. The maximum Gasteiger partial charge on any atom is 0.0123 e. The Balaban J connectivity index is 3.15. The van der Waals surface area contributed by atoms with Crippen molar-refractivity contribution in [2.45, 2.75) is 58.8 Å². The van der Waals surface area contributed by atoms with Crippen molar-refractivity contribution in [3.05, 3.63) is 12.2 Å². The molecule has 0 amide bonds. The third kappa shape index (κ3) is 11.3. The average Bonchev–Trinajstić information content (AvgIpc) is 2.16. The van der Waals surface area contributed by atoms with E-state index in [2.05, 4.69) is 37.8 Å². The highest BCUT2D eigenvalue weighted by molar-refractivity contribution is 5.00. The van der Waals surface area contributed by atoms with Crippen LogP contribution in [-0.2, 0) is 0 Å². The van der Waals surface area contributed by atoms with Crippen molar-refractivity contribution < 1.29 is 0 Å². The minimum Gasteiger partial charge on any atom is -0.103 e. The summed E-state index contributed by atoms with van der Waals surface area (Å²) in [6.07, 6.45) is 12.7. The molecular weight excluding hydrogens is 156 g/mol. The second-order valence-corrected chi connectivity index (χ2v) is 3.23. The Labute approximate surface area is 83.4 Å². The number of hydrogen-bond acceptors (Lipinski definition) is 0.